The number of nitriles is 1. The summed E-state index contributed by atoms with van der Waals surface area (Å²) in [6.07, 6.45) is 11.4. The summed E-state index contributed by atoms with van der Waals surface area (Å²) >= 11 is 0. The van der Waals surface area contributed by atoms with Gasteiger partial charge >= 0.3 is 0 Å². The molecule has 4 aromatic carbocycles. The van der Waals surface area contributed by atoms with Crippen LogP contribution in [0, 0.1) is 11.3 Å². The van der Waals surface area contributed by atoms with Crippen molar-refractivity contribution in [2.24, 2.45) is 5.73 Å². The Morgan fingerprint density at radius 1 is 0.769 bits per heavy atom. The maximum atomic E-state index is 9.36. The quantitative estimate of drug-likeness (QED) is 0.192. The minimum Gasteiger partial charge on any atom is -0.390 e. The first-order valence-electron chi connectivity index (χ1n) is 12.9. The van der Waals surface area contributed by atoms with Crippen molar-refractivity contribution >= 4 is 34.1 Å². The molecule has 0 bridgehead atoms. The Bertz CT molecular complexity index is 1700. The van der Waals surface area contributed by atoms with E-state index in [0.717, 1.165) is 55.3 Å². The number of fused-ring (bicyclic) bond motifs is 1. The van der Waals surface area contributed by atoms with Gasteiger partial charge in [-0.05, 0) is 74.7 Å². The van der Waals surface area contributed by atoms with Gasteiger partial charge in [-0.15, -0.1) is 0 Å². The molecule has 0 heterocycles. The second-order valence-corrected chi connectivity index (χ2v) is 9.21. The number of benzene rings is 4. The minimum atomic E-state index is 0.192. The zero-order chi connectivity index (χ0) is 27.9. The molecule has 2 nitrogen and oxygen atoms in total. The predicted molar refractivity (Wildman–Crippen MR) is 170 cm³/mol. The van der Waals surface area contributed by atoms with Gasteiger partial charge in [0.1, 0.15) is 11.8 Å². The topological polar surface area (TPSA) is 49.8 Å². The Hall–Kier alpha value is -5.13. The highest BCUT2D eigenvalue weighted by molar-refractivity contribution is 6.11. The summed E-state index contributed by atoms with van der Waals surface area (Å²) in [7, 11) is 0. The number of hydrogen-bond acceptors (Lipinski definition) is 2. The summed E-state index contributed by atoms with van der Waals surface area (Å²) < 4.78 is 0. The molecular weight excluding hydrogens is 472 g/mol. The predicted octanol–water partition coefficient (Wildman–Crippen LogP) is 9.82. The molecule has 0 aromatic heterocycles. The summed E-state index contributed by atoms with van der Waals surface area (Å²) in [6, 6.07) is 27.3. The van der Waals surface area contributed by atoms with E-state index in [-0.39, 0.29) is 5.70 Å². The van der Waals surface area contributed by atoms with Gasteiger partial charge in [0.05, 0.1) is 0 Å². The first kappa shape index (κ1) is 26.9. The fourth-order valence-electron chi connectivity index (χ4n) is 5.08. The molecule has 39 heavy (non-hydrogen) atoms. The molecule has 0 atom stereocenters. The van der Waals surface area contributed by atoms with Gasteiger partial charge in [0.2, 0.25) is 0 Å². The number of nitrogens with zero attached hydrogens (tertiary/aromatic N) is 1. The Labute approximate surface area is 231 Å². The fourth-order valence-corrected chi connectivity index (χ4v) is 5.08. The Morgan fingerprint density at radius 3 is 1.67 bits per heavy atom. The lowest BCUT2D eigenvalue weighted by molar-refractivity contribution is 1.39. The molecule has 0 fully saturated rings. The van der Waals surface area contributed by atoms with Crippen molar-refractivity contribution in [2.45, 2.75) is 13.8 Å². The molecule has 0 aliphatic rings. The first-order chi connectivity index (χ1) is 19.0. The number of hydrogen-bond donors (Lipinski definition) is 1. The van der Waals surface area contributed by atoms with Gasteiger partial charge in [-0.1, -0.05) is 129 Å². The van der Waals surface area contributed by atoms with Crippen LogP contribution in [0.15, 0.2) is 123 Å². The van der Waals surface area contributed by atoms with Crippen molar-refractivity contribution in [3.63, 3.8) is 0 Å². The van der Waals surface area contributed by atoms with Gasteiger partial charge < -0.3 is 5.73 Å². The molecular formula is C37H32N2. The highest BCUT2D eigenvalue weighted by Crippen LogP contribution is 2.43. The van der Waals surface area contributed by atoms with Gasteiger partial charge in [0, 0.05) is 5.57 Å². The van der Waals surface area contributed by atoms with Gasteiger partial charge in [-0.25, -0.2) is 0 Å². The normalized spacial score (nSPS) is 12.2. The van der Waals surface area contributed by atoms with E-state index in [9.17, 15) is 5.26 Å². The van der Waals surface area contributed by atoms with E-state index in [1.807, 2.05) is 55.5 Å². The molecule has 4 aromatic rings. The van der Waals surface area contributed by atoms with Gasteiger partial charge in [0.25, 0.3) is 0 Å². The lowest BCUT2D eigenvalue weighted by atomic mass is 9.83. The molecule has 0 amide bonds. The third-order valence-electron chi connectivity index (χ3n) is 6.93. The third-order valence-corrected chi connectivity index (χ3v) is 6.93. The maximum absolute atomic E-state index is 9.36. The molecule has 0 aliphatic heterocycles. The smallest absolute Gasteiger partial charge is 0.118 e. The van der Waals surface area contributed by atoms with Crippen LogP contribution < -0.4 is 5.73 Å². The number of allylic oxidation sites excluding steroid dienone is 7. The van der Waals surface area contributed by atoms with Crippen LogP contribution in [0.25, 0.3) is 56.3 Å². The van der Waals surface area contributed by atoms with E-state index in [1.165, 1.54) is 5.57 Å². The minimum absolute atomic E-state index is 0.192. The molecule has 190 valence electrons. The summed E-state index contributed by atoms with van der Waals surface area (Å²) in [6.45, 7) is 16.2. The zero-order valence-corrected chi connectivity index (χ0v) is 22.5. The second kappa shape index (κ2) is 11.9. The molecule has 0 aliphatic carbocycles. The average molecular weight is 505 g/mol. The number of nitrogens with two attached hydrogens (primary N) is 1. The van der Waals surface area contributed by atoms with Crippen LogP contribution in [-0.2, 0) is 0 Å². The van der Waals surface area contributed by atoms with Crippen LogP contribution in [0.3, 0.4) is 0 Å². The first-order valence-corrected chi connectivity index (χ1v) is 12.9. The Morgan fingerprint density at radius 2 is 1.26 bits per heavy atom. The molecule has 0 saturated carbocycles. The van der Waals surface area contributed by atoms with Crippen molar-refractivity contribution in [1.29, 1.82) is 5.26 Å². The van der Waals surface area contributed by atoms with Crippen LogP contribution in [0.5, 0.6) is 0 Å². The molecule has 0 spiro atoms. The standard InChI is InChI=1S/C37H32N2/c1-6-12-25(5)26-16-20-28(21-17-26)36-30(8-3)31(9-4)37(34-15-11-10-14-33(34)36)29-22-18-27(19-23-29)32(13-7-2)35(39)24-38/h6-23H,1,3-4,39H2,2,5H3/b13-7-,25-12+,35-32+. The van der Waals surface area contributed by atoms with Crippen molar-refractivity contribution in [3.8, 4) is 28.3 Å². The zero-order valence-electron chi connectivity index (χ0n) is 22.5. The van der Waals surface area contributed by atoms with Crippen molar-refractivity contribution in [2.75, 3.05) is 0 Å². The van der Waals surface area contributed by atoms with E-state index >= 15 is 0 Å². The third kappa shape index (κ3) is 5.17. The monoisotopic (exact) mass is 504 g/mol. The lowest BCUT2D eigenvalue weighted by Gasteiger charge is -2.20. The van der Waals surface area contributed by atoms with Gasteiger partial charge in [-0.2, -0.15) is 5.26 Å². The molecule has 2 N–H and O–H groups in total. The Kier molecular flexibility index (Phi) is 8.24. The van der Waals surface area contributed by atoms with Crippen LogP contribution in [-0.4, -0.2) is 0 Å². The van der Waals surface area contributed by atoms with E-state index in [0.29, 0.717) is 5.57 Å². The molecule has 0 unspecified atom stereocenters. The highest BCUT2D eigenvalue weighted by Gasteiger charge is 2.19. The van der Waals surface area contributed by atoms with E-state index in [1.54, 1.807) is 0 Å². The van der Waals surface area contributed by atoms with Crippen molar-refractivity contribution in [1.82, 2.24) is 0 Å². The molecule has 0 saturated heterocycles. The summed E-state index contributed by atoms with van der Waals surface area (Å²) in [4.78, 5) is 0. The number of rotatable bonds is 8. The average Bonchev–Trinajstić information content (AvgIpc) is 2.98. The lowest BCUT2D eigenvalue weighted by Crippen LogP contribution is -1.99. The largest absolute Gasteiger partial charge is 0.390 e. The van der Waals surface area contributed by atoms with Crippen LogP contribution in [0.4, 0.5) is 0 Å². The fraction of sp³-hybridized carbons (Fsp3) is 0.0541. The molecule has 4 rings (SSSR count). The summed E-state index contributed by atoms with van der Waals surface area (Å²) in [5, 5.41) is 11.6. The summed E-state index contributed by atoms with van der Waals surface area (Å²) in [5.41, 5.74) is 16.6. The molecule has 0 radical (unpaired) electrons. The molecule has 2 heteroatoms. The van der Waals surface area contributed by atoms with Gasteiger partial charge in [-0.3, -0.25) is 0 Å². The van der Waals surface area contributed by atoms with Crippen molar-refractivity contribution in [3.05, 3.63) is 145 Å². The van der Waals surface area contributed by atoms with E-state index < -0.39 is 0 Å². The van der Waals surface area contributed by atoms with Crippen LogP contribution in [0.2, 0.25) is 0 Å². The summed E-state index contributed by atoms with van der Waals surface area (Å²) in [5.74, 6) is 0. The van der Waals surface area contributed by atoms with Gasteiger partial charge in [0.15, 0.2) is 0 Å². The van der Waals surface area contributed by atoms with Crippen molar-refractivity contribution < 1.29 is 0 Å². The highest BCUT2D eigenvalue weighted by atomic mass is 14.6. The second-order valence-electron chi connectivity index (χ2n) is 9.21. The SMILES string of the molecule is C=C/C=C(\C)c1ccc(-c2c(C=C)c(C=C)c(-c3ccc(C(/C=C\C)=C(/N)C#N)cc3)c3ccccc23)cc1. The Balaban J connectivity index is 1.97. The van der Waals surface area contributed by atoms with Crippen LogP contribution in [0.1, 0.15) is 36.1 Å². The van der Waals surface area contributed by atoms with E-state index in [4.69, 9.17) is 5.73 Å². The van der Waals surface area contributed by atoms with E-state index in [2.05, 4.69) is 93.4 Å². The maximum Gasteiger partial charge on any atom is 0.118 e. The van der Waals surface area contributed by atoms with Crippen LogP contribution >= 0.6 is 0 Å².